The number of nitrogen functional groups attached to an aromatic ring is 1. The van der Waals surface area contributed by atoms with E-state index < -0.39 is 0 Å². The van der Waals surface area contributed by atoms with Crippen molar-refractivity contribution >= 4 is 72.6 Å². The maximum Gasteiger partial charge on any atom is 0.385 e. The first-order valence-electron chi connectivity index (χ1n) is 11.6. The zero-order valence-electron chi connectivity index (χ0n) is 20.1. The van der Waals surface area contributed by atoms with Gasteiger partial charge in [0, 0.05) is 55.1 Å². The fraction of sp³-hybridized carbons (Fsp3) is 0.538. The maximum atomic E-state index is 8.53. The van der Waals surface area contributed by atoms with Crippen molar-refractivity contribution in [2.45, 2.75) is 90.9 Å². The van der Waals surface area contributed by atoms with E-state index in [4.69, 9.17) is 11.1 Å². The summed E-state index contributed by atoms with van der Waals surface area (Å²) in [5.74, 6) is 0. The second-order valence-corrected chi connectivity index (χ2v) is 7.84. The van der Waals surface area contributed by atoms with E-state index in [0.29, 0.717) is 5.69 Å². The lowest BCUT2D eigenvalue weighted by molar-refractivity contribution is -0.00000669. The Labute approximate surface area is 249 Å². The number of halogens is 4. The first kappa shape index (κ1) is 37.7. The quantitative estimate of drug-likeness (QED) is 0.103. The van der Waals surface area contributed by atoms with Gasteiger partial charge in [-0.25, -0.2) is 0 Å². The largest absolute Gasteiger partial charge is 1.00 e. The molecule has 0 radical (unpaired) electrons. The highest BCUT2D eigenvalue weighted by Crippen LogP contribution is 2.15. The van der Waals surface area contributed by atoms with Gasteiger partial charge in [-0.2, -0.15) is 0 Å². The molecule has 3 nitrogen and oxygen atoms in total. The van der Waals surface area contributed by atoms with Gasteiger partial charge in [-0.05, 0) is 48.9 Å². The Balaban J connectivity index is -0.000000481. The molecule has 0 amide bonds. The lowest BCUT2D eigenvalue weighted by Gasteiger charge is -2.01. The molecule has 0 atom stereocenters. The molecule has 0 saturated heterocycles. The summed E-state index contributed by atoms with van der Waals surface area (Å²) in [5.41, 5.74) is 9.86. The minimum absolute atomic E-state index is 0. The van der Waals surface area contributed by atoms with Crippen LogP contribution in [0.25, 0.3) is 4.98 Å². The summed E-state index contributed by atoms with van der Waals surface area (Å²) < 4.78 is 0. The molecule has 2 N–H and O–H groups in total. The zero-order chi connectivity index (χ0) is 23.2. The first-order chi connectivity index (χ1) is 15.2. The van der Waals surface area contributed by atoms with Gasteiger partial charge in [0.15, 0.2) is 4.98 Å². The molecule has 2 rings (SSSR count). The molecule has 0 fully saturated rings. The predicted molar refractivity (Wildman–Crippen MR) is 170 cm³/mol. The van der Waals surface area contributed by atoms with E-state index in [9.17, 15) is 0 Å². The highest BCUT2D eigenvalue weighted by molar-refractivity contribution is 15.0. The lowest BCUT2D eigenvalue weighted by Crippen LogP contribution is -3.00. The molecule has 0 unspecified atom stereocenters. The van der Waals surface area contributed by atoms with E-state index >= 15 is 0 Å². The number of aryl methyl sites for hydroxylation is 2. The summed E-state index contributed by atoms with van der Waals surface area (Å²) in [6.45, 7) is 4.48. The van der Waals surface area contributed by atoms with Crippen molar-refractivity contribution in [2.24, 2.45) is 0 Å². The summed E-state index contributed by atoms with van der Waals surface area (Å²) in [7, 11) is 0. The van der Waals surface area contributed by atoms with Crippen LogP contribution < -0.4 is 18.1 Å². The Hall–Kier alpha value is 0.140. The topological polar surface area (TPSA) is 54.2 Å². The summed E-state index contributed by atoms with van der Waals surface area (Å²) in [6, 6.07) is 16.0. The van der Waals surface area contributed by atoms with E-state index in [-0.39, 0.29) is 36.4 Å². The van der Waals surface area contributed by atoms with Crippen molar-refractivity contribution in [3.05, 3.63) is 64.6 Å². The van der Waals surface area contributed by atoms with Crippen molar-refractivity contribution in [1.82, 2.24) is 0 Å². The molecule has 0 aliphatic heterocycles. The second kappa shape index (κ2) is 28.4. The van der Waals surface area contributed by atoms with Gasteiger partial charge in [0.25, 0.3) is 0 Å². The number of unbranched alkanes of at least 4 members (excludes halogenated alkanes) is 8. The van der Waals surface area contributed by atoms with Gasteiger partial charge in [-0.1, -0.05) is 89.5 Å². The molecule has 0 aromatic heterocycles. The standard InChI is InChI=1S/C13H19N2.C13H21N.ClH.I2.HI/c1-2-3-4-5-6-7-12-8-10-13(15-14)11-9-12;1-2-3-4-5-6-7-12-8-10-13(14)11-9-12;;1-2;/h8-11H,2-7H2,1H3;8-11H,2-7,14H2,1H3;1H;;1H/q+1;;;;/p-1. The van der Waals surface area contributed by atoms with Crippen LogP contribution in [0, 0.1) is 5.39 Å². The van der Waals surface area contributed by atoms with Gasteiger partial charge in [-0.15, -0.1) is 24.0 Å². The van der Waals surface area contributed by atoms with Crippen LogP contribution in [0.5, 0.6) is 0 Å². The Morgan fingerprint density at radius 3 is 1.39 bits per heavy atom. The van der Waals surface area contributed by atoms with Crippen LogP contribution >= 0.6 is 61.2 Å². The molecule has 0 bridgehead atoms. The number of nitrogens with zero attached hydrogens (tertiary/aromatic N) is 2. The van der Waals surface area contributed by atoms with Crippen molar-refractivity contribution in [3.8, 4) is 0 Å². The maximum absolute atomic E-state index is 8.53. The van der Waals surface area contributed by atoms with Gasteiger partial charge >= 0.3 is 5.69 Å². The second-order valence-electron chi connectivity index (χ2n) is 7.84. The van der Waals surface area contributed by atoms with E-state index in [1.807, 2.05) is 36.4 Å². The van der Waals surface area contributed by atoms with Gasteiger partial charge < -0.3 is 18.1 Å². The number of benzene rings is 2. The summed E-state index contributed by atoms with van der Waals surface area (Å²) in [6.07, 6.45) is 15.7. The van der Waals surface area contributed by atoms with Crippen molar-refractivity contribution in [2.75, 3.05) is 5.73 Å². The van der Waals surface area contributed by atoms with Crippen molar-refractivity contribution in [1.29, 1.82) is 5.39 Å². The van der Waals surface area contributed by atoms with Crippen LogP contribution in [-0.4, -0.2) is 0 Å². The molecule has 0 spiro atoms. The molecule has 33 heavy (non-hydrogen) atoms. The minimum Gasteiger partial charge on any atom is -1.00 e. The fourth-order valence-electron chi connectivity index (χ4n) is 3.28. The monoisotopic (exact) mass is 811 g/mol. The van der Waals surface area contributed by atoms with Crippen LogP contribution in [0.2, 0.25) is 0 Å². The van der Waals surface area contributed by atoms with Crippen LogP contribution in [0.15, 0.2) is 48.5 Å². The average Bonchev–Trinajstić information content (AvgIpc) is 2.82. The number of diazo groups is 1. The Morgan fingerprint density at radius 2 is 1.03 bits per heavy atom. The fourth-order valence-corrected chi connectivity index (χ4v) is 3.28. The molecular formula is C26H41ClI3N3. The third kappa shape index (κ3) is 22.4. The van der Waals surface area contributed by atoms with E-state index in [0.717, 1.165) is 12.1 Å². The molecule has 0 aliphatic carbocycles. The molecule has 0 heterocycles. The molecule has 2 aromatic rings. The van der Waals surface area contributed by atoms with E-state index in [1.54, 1.807) is 0 Å². The number of rotatable bonds is 12. The SMILES string of the molecule is CCCCCCCc1ccc(N)cc1.CCCCCCCc1ccc([N+]#N)cc1.I.II.[Cl-]. The molecule has 7 heteroatoms. The van der Waals surface area contributed by atoms with Crippen LogP contribution in [0.3, 0.4) is 0 Å². The zero-order valence-corrected chi connectivity index (χ0v) is 27.5. The van der Waals surface area contributed by atoms with Crippen molar-refractivity contribution in [3.63, 3.8) is 0 Å². The third-order valence-corrected chi connectivity index (χ3v) is 5.17. The van der Waals surface area contributed by atoms with E-state index in [2.05, 4.69) is 68.2 Å². The van der Waals surface area contributed by atoms with Crippen LogP contribution in [-0.2, 0) is 12.8 Å². The number of hydrogen-bond acceptors (Lipinski definition) is 2. The molecule has 0 saturated carbocycles. The highest BCUT2D eigenvalue weighted by Gasteiger charge is 2.02. The Morgan fingerprint density at radius 1 is 0.667 bits per heavy atom. The summed E-state index contributed by atoms with van der Waals surface area (Å²) in [5, 5.41) is 8.53. The summed E-state index contributed by atoms with van der Waals surface area (Å²) >= 11 is 4.24. The van der Waals surface area contributed by atoms with Gasteiger partial charge in [0.2, 0.25) is 5.39 Å². The van der Waals surface area contributed by atoms with Crippen molar-refractivity contribution < 1.29 is 12.4 Å². The lowest BCUT2D eigenvalue weighted by atomic mass is 10.1. The normalized spacial score (nSPS) is 9.06. The van der Waals surface area contributed by atoms with Gasteiger partial charge in [0.05, 0.1) is 0 Å². The molecule has 2 aromatic carbocycles. The third-order valence-electron chi connectivity index (χ3n) is 5.17. The first-order valence-corrected chi connectivity index (χ1v) is 17.9. The Bertz CT molecular complexity index is 689. The summed E-state index contributed by atoms with van der Waals surface area (Å²) in [4.78, 5) is 3.13. The molecular weight excluding hydrogens is 770 g/mol. The number of hydrogen-bond donors (Lipinski definition) is 1. The smallest absolute Gasteiger partial charge is 0.385 e. The molecule has 188 valence electrons. The minimum atomic E-state index is 0. The van der Waals surface area contributed by atoms with Crippen LogP contribution in [0.1, 0.15) is 89.2 Å². The molecule has 0 aliphatic rings. The predicted octanol–water partition coefficient (Wildman–Crippen LogP) is 7.86. The number of anilines is 1. The van der Waals surface area contributed by atoms with E-state index in [1.165, 1.54) is 81.8 Å². The van der Waals surface area contributed by atoms with Crippen LogP contribution in [0.4, 0.5) is 11.4 Å². The van der Waals surface area contributed by atoms with Gasteiger partial charge in [0.1, 0.15) is 0 Å². The Kier molecular flexibility index (Phi) is 32.4. The van der Waals surface area contributed by atoms with Gasteiger partial charge in [-0.3, -0.25) is 0 Å². The average molecular weight is 812 g/mol. The number of nitrogens with two attached hydrogens (primary N) is 1. The highest BCUT2D eigenvalue weighted by atomic mass is 128.